The average Bonchev–Trinajstić information content (AvgIpc) is 3.03. The Bertz CT molecular complexity index is 1870. The maximum Gasteiger partial charge on any atom is 0.271 e. The molecule has 44 heavy (non-hydrogen) atoms. The highest BCUT2D eigenvalue weighted by Gasteiger charge is 2.14. The second-order valence-corrected chi connectivity index (χ2v) is 10.9. The van der Waals surface area contributed by atoms with Crippen LogP contribution in [-0.2, 0) is 0 Å². The zero-order valence-electron chi connectivity index (χ0n) is 24.2. The first-order valence-corrected chi connectivity index (χ1v) is 14.9. The fraction of sp³-hybridized carbons (Fsp3) is 0.235. The number of nitrogens with one attached hydrogen (secondary N) is 2. The molecule has 6 aromatic rings. The first kappa shape index (κ1) is 28.7. The van der Waals surface area contributed by atoms with Crippen molar-refractivity contribution in [1.29, 1.82) is 0 Å². The Morgan fingerprint density at radius 1 is 0.500 bits per heavy atom. The van der Waals surface area contributed by atoms with E-state index >= 15 is 0 Å². The molecular weight excluding hydrogens is 556 g/mol. The number of unbranched alkanes of at least 4 members (excludes halogenated alkanes) is 5. The largest absolute Gasteiger partial charge is 0.384 e. The van der Waals surface area contributed by atoms with Crippen LogP contribution < -0.4 is 10.6 Å². The third kappa shape index (κ3) is 6.05. The van der Waals surface area contributed by atoms with Crippen LogP contribution in [-0.4, -0.2) is 32.9 Å². The Balaban J connectivity index is 0.998. The molecular formula is C34H32N6O4. The molecule has 0 bridgehead atoms. The molecule has 2 aromatic heterocycles. The molecule has 2 heterocycles. The SMILES string of the molecule is O=[N+]([O-])c1ccc2c(NCCCCCCCCNc3c4ccccc4nc4cc([N+](=O)[O-])ccc34)c3ccccc3nc2c1. The summed E-state index contributed by atoms with van der Waals surface area (Å²) in [4.78, 5) is 31.1. The fourth-order valence-electron chi connectivity index (χ4n) is 5.75. The second-order valence-electron chi connectivity index (χ2n) is 10.9. The molecule has 2 N–H and O–H groups in total. The number of para-hydroxylation sites is 2. The first-order chi connectivity index (χ1) is 21.5. The van der Waals surface area contributed by atoms with E-state index in [1.165, 1.54) is 24.3 Å². The van der Waals surface area contributed by atoms with Gasteiger partial charge in [-0.25, -0.2) is 9.97 Å². The molecule has 0 radical (unpaired) electrons. The number of benzene rings is 4. The van der Waals surface area contributed by atoms with Crippen LogP contribution in [0.1, 0.15) is 38.5 Å². The van der Waals surface area contributed by atoms with Gasteiger partial charge in [0.2, 0.25) is 0 Å². The summed E-state index contributed by atoms with van der Waals surface area (Å²) in [6.07, 6.45) is 6.51. The minimum Gasteiger partial charge on any atom is -0.384 e. The smallest absolute Gasteiger partial charge is 0.271 e. The van der Waals surface area contributed by atoms with Crippen molar-refractivity contribution >= 4 is 66.4 Å². The van der Waals surface area contributed by atoms with Gasteiger partial charge in [0.15, 0.2) is 0 Å². The van der Waals surface area contributed by atoms with Gasteiger partial charge in [0, 0.05) is 58.9 Å². The van der Waals surface area contributed by atoms with E-state index in [2.05, 4.69) is 20.6 Å². The van der Waals surface area contributed by atoms with Crippen molar-refractivity contribution in [3.8, 4) is 0 Å². The second kappa shape index (κ2) is 12.9. The number of rotatable bonds is 13. The van der Waals surface area contributed by atoms with E-state index in [1.54, 1.807) is 12.1 Å². The summed E-state index contributed by atoms with van der Waals surface area (Å²) in [5.74, 6) is 0. The number of hydrogen-bond donors (Lipinski definition) is 2. The minimum absolute atomic E-state index is 0.0372. The Morgan fingerprint density at radius 2 is 0.886 bits per heavy atom. The van der Waals surface area contributed by atoms with Crippen LogP contribution in [0.2, 0.25) is 0 Å². The molecule has 0 saturated carbocycles. The summed E-state index contributed by atoms with van der Waals surface area (Å²) in [6, 6.07) is 25.4. The van der Waals surface area contributed by atoms with E-state index in [-0.39, 0.29) is 11.4 Å². The number of nitro benzene ring substituents is 2. The highest BCUT2D eigenvalue weighted by Crippen LogP contribution is 2.34. The van der Waals surface area contributed by atoms with E-state index in [0.717, 1.165) is 95.6 Å². The highest BCUT2D eigenvalue weighted by atomic mass is 16.6. The molecule has 0 atom stereocenters. The summed E-state index contributed by atoms with van der Waals surface area (Å²) in [6.45, 7) is 1.62. The fourth-order valence-corrected chi connectivity index (χ4v) is 5.75. The summed E-state index contributed by atoms with van der Waals surface area (Å²) in [7, 11) is 0. The number of nitrogens with zero attached hydrogens (tertiary/aromatic N) is 4. The van der Waals surface area contributed by atoms with Crippen molar-refractivity contribution in [3.05, 3.63) is 105 Å². The molecule has 10 nitrogen and oxygen atoms in total. The molecule has 10 heteroatoms. The summed E-state index contributed by atoms with van der Waals surface area (Å²) < 4.78 is 0. The molecule has 0 spiro atoms. The first-order valence-electron chi connectivity index (χ1n) is 14.9. The summed E-state index contributed by atoms with van der Waals surface area (Å²) in [5, 5.41) is 33.5. The number of aromatic nitrogens is 2. The van der Waals surface area contributed by atoms with Crippen LogP contribution in [0.15, 0.2) is 84.9 Å². The molecule has 0 aliphatic carbocycles. The molecule has 222 valence electrons. The molecule has 0 fully saturated rings. The predicted octanol–water partition coefficient (Wildman–Crippen LogP) is 8.77. The van der Waals surface area contributed by atoms with Gasteiger partial charge in [-0.2, -0.15) is 0 Å². The van der Waals surface area contributed by atoms with Gasteiger partial charge in [0.05, 0.1) is 43.3 Å². The van der Waals surface area contributed by atoms with Crippen LogP contribution in [0.4, 0.5) is 22.7 Å². The topological polar surface area (TPSA) is 136 Å². The lowest BCUT2D eigenvalue weighted by Crippen LogP contribution is -2.04. The lowest BCUT2D eigenvalue weighted by Gasteiger charge is -2.14. The molecule has 6 rings (SSSR count). The Labute approximate surface area is 253 Å². The van der Waals surface area contributed by atoms with E-state index in [1.807, 2.05) is 48.5 Å². The molecule has 0 amide bonds. The molecule has 0 aliphatic heterocycles. The van der Waals surface area contributed by atoms with Gasteiger partial charge in [-0.1, -0.05) is 62.1 Å². The molecule has 0 saturated heterocycles. The van der Waals surface area contributed by atoms with Crippen molar-refractivity contribution in [2.75, 3.05) is 23.7 Å². The van der Waals surface area contributed by atoms with Gasteiger partial charge in [-0.05, 0) is 37.1 Å². The zero-order chi connectivity index (χ0) is 30.5. The average molecular weight is 589 g/mol. The van der Waals surface area contributed by atoms with Crippen molar-refractivity contribution in [1.82, 2.24) is 9.97 Å². The predicted molar refractivity (Wildman–Crippen MR) is 176 cm³/mol. The van der Waals surface area contributed by atoms with Gasteiger partial charge in [0.25, 0.3) is 11.4 Å². The third-order valence-corrected chi connectivity index (χ3v) is 7.96. The molecule has 0 aliphatic rings. The minimum atomic E-state index is -0.391. The molecule has 4 aromatic carbocycles. The number of nitro groups is 2. The normalized spacial score (nSPS) is 11.4. The lowest BCUT2D eigenvalue weighted by molar-refractivity contribution is -0.384. The summed E-state index contributed by atoms with van der Waals surface area (Å²) >= 11 is 0. The van der Waals surface area contributed by atoms with E-state index < -0.39 is 9.85 Å². The highest BCUT2D eigenvalue weighted by molar-refractivity contribution is 6.08. The maximum absolute atomic E-state index is 11.3. The standard InChI is InChI=1S/C34H32N6O4/c41-39(42)23-15-17-27-31(21-23)37-29-13-7-5-11-25(29)33(27)35-19-9-3-1-2-4-10-20-36-34-26-12-6-8-14-30(26)38-32-22-24(40(43)44)16-18-28(32)34/h5-8,11-18,21-22H,1-4,9-10,19-20H2,(H,35,37)(H,36,38). The quantitative estimate of drug-likeness (QED) is 0.0591. The number of fused-ring (bicyclic) bond motifs is 4. The van der Waals surface area contributed by atoms with Crippen LogP contribution >= 0.6 is 0 Å². The van der Waals surface area contributed by atoms with Gasteiger partial charge >= 0.3 is 0 Å². The van der Waals surface area contributed by atoms with E-state index in [4.69, 9.17) is 0 Å². The number of non-ortho nitro benzene ring substituents is 2. The Hall–Kier alpha value is -5.38. The van der Waals surface area contributed by atoms with Crippen LogP contribution in [0.25, 0.3) is 43.6 Å². The van der Waals surface area contributed by atoms with E-state index in [9.17, 15) is 20.2 Å². The molecule has 0 unspecified atom stereocenters. The van der Waals surface area contributed by atoms with Gasteiger partial charge in [-0.3, -0.25) is 20.2 Å². The summed E-state index contributed by atoms with van der Waals surface area (Å²) in [5.41, 5.74) is 4.86. The lowest BCUT2D eigenvalue weighted by atomic mass is 10.1. The van der Waals surface area contributed by atoms with Crippen molar-refractivity contribution in [3.63, 3.8) is 0 Å². The van der Waals surface area contributed by atoms with Gasteiger partial charge < -0.3 is 10.6 Å². The van der Waals surface area contributed by atoms with Gasteiger partial charge in [0.1, 0.15) is 0 Å². The van der Waals surface area contributed by atoms with E-state index in [0.29, 0.717) is 11.0 Å². The monoisotopic (exact) mass is 588 g/mol. The van der Waals surface area contributed by atoms with Crippen molar-refractivity contribution in [2.45, 2.75) is 38.5 Å². The Kier molecular flexibility index (Phi) is 8.40. The third-order valence-electron chi connectivity index (χ3n) is 7.96. The number of pyridine rings is 2. The van der Waals surface area contributed by atoms with Crippen LogP contribution in [0.3, 0.4) is 0 Å². The number of hydrogen-bond acceptors (Lipinski definition) is 8. The van der Waals surface area contributed by atoms with Crippen LogP contribution in [0.5, 0.6) is 0 Å². The maximum atomic E-state index is 11.3. The Morgan fingerprint density at radius 3 is 1.32 bits per heavy atom. The number of anilines is 2. The van der Waals surface area contributed by atoms with Crippen molar-refractivity contribution < 1.29 is 9.85 Å². The van der Waals surface area contributed by atoms with Crippen molar-refractivity contribution in [2.24, 2.45) is 0 Å². The zero-order valence-corrected chi connectivity index (χ0v) is 24.2. The van der Waals surface area contributed by atoms with Gasteiger partial charge in [-0.15, -0.1) is 0 Å². The van der Waals surface area contributed by atoms with Crippen LogP contribution in [0, 0.1) is 20.2 Å².